The minimum Gasteiger partial charge on any atom is -0.481 e. The maximum Gasteiger partial charge on any atom is 0.326 e. The fourth-order valence-corrected chi connectivity index (χ4v) is 2.35. The predicted molar refractivity (Wildman–Crippen MR) is 104 cm³/mol. The van der Waals surface area contributed by atoms with Gasteiger partial charge in [-0.05, 0) is 33.2 Å². The lowest BCUT2D eigenvalue weighted by atomic mass is 10.1. The molecule has 0 spiro atoms. The van der Waals surface area contributed by atoms with E-state index in [-0.39, 0.29) is 0 Å². The van der Waals surface area contributed by atoms with Crippen molar-refractivity contribution in [3.05, 3.63) is 0 Å². The van der Waals surface area contributed by atoms with Gasteiger partial charge in [0.25, 0.3) is 0 Å². The SMILES string of the molecule is CC(NC(=O)C(NC(=O)C(N)CCCCN)C(C)O)C(=O)NC(CC(=O)O)C(=O)O. The molecule has 0 saturated heterocycles. The van der Waals surface area contributed by atoms with Crippen LogP contribution in [0.15, 0.2) is 0 Å². The van der Waals surface area contributed by atoms with E-state index in [1.165, 1.54) is 13.8 Å². The summed E-state index contributed by atoms with van der Waals surface area (Å²) in [5.74, 6) is -5.51. The fourth-order valence-electron chi connectivity index (χ4n) is 2.35. The van der Waals surface area contributed by atoms with Gasteiger partial charge < -0.3 is 42.7 Å². The molecule has 0 heterocycles. The molecule has 0 aliphatic carbocycles. The summed E-state index contributed by atoms with van der Waals surface area (Å²) in [5.41, 5.74) is 11.1. The van der Waals surface area contributed by atoms with Crippen LogP contribution in [0, 0.1) is 0 Å². The van der Waals surface area contributed by atoms with Gasteiger partial charge in [0.1, 0.15) is 18.1 Å². The number of carboxylic acids is 2. The van der Waals surface area contributed by atoms with Crippen molar-refractivity contribution >= 4 is 29.7 Å². The van der Waals surface area contributed by atoms with Gasteiger partial charge >= 0.3 is 11.9 Å². The molecule has 0 aromatic heterocycles. The van der Waals surface area contributed by atoms with Gasteiger partial charge in [-0.2, -0.15) is 0 Å². The monoisotopic (exact) mass is 433 g/mol. The van der Waals surface area contributed by atoms with E-state index in [9.17, 15) is 29.1 Å². The second kappa shape index (κ2) is 13.5. The van der Waals surface area contributed by atoms with Crippen LogP contribution in [0.3, 0.4) is 0 Å². The van der Waals surface area contributed by atoms with E-state index in [0.29, 0.717) is 25.8 Å². The molecule has 0 bridgehead atoms. The molecular formula is C17H31N5O8. The molecule has 5 unspecified atom stereocenters. The number of hydrogen-bond acceptors (Lipinski definition) is 8. The molecule has 30 heavy (non-hydrogen) atoms. The molecule has 0 aliphatic heterocycles. The summed E-state index contributed by atoms with van der Waals surface area (Å²) in [5, 5.41) is 34.0. The molecule has 13 nitrogen and oxygen atoms in total. The first kappa shape index (κ1) is 27.2. The predicted octanol–water partition coefficient (Wildman–Crippen LogP) is -3.14. The number of amides is 3. The highest BCUT2D eigenvalue weighted by atomic mass is 16.4. The van der Waals surface area contributed by atoms with Gasteiger partial charge in [-0.25, -0.2) is 4.79 Å². The lowest BCUT2D eigenvalue weighted by Gasteiger charge is -2.25. The zero-order chi connectivity index (χ0) is 23.4. The maximum atomic E-state index is 12.4. The average molecular weight is 433 g/mol. The second-order valence-corrected chi connectivity index (χ2v) is 6.85. The molecule has 10 N–H and O–H groups in total. The standard InChI is InChI=1S/C17H31N5O8/c1-8(14(26)21-11(17(29)30)7-12(24)25)20-16(28)13(9(2)23)22-15(27)10(19)5-3-4-6-18/h8-11,13,23H,3-7,18-19H2,1-2H3,(H,20,28)(H,21,26)(H,22,27)(H,24,25)(H,29,30). The van der Waals surface area contributed by atoms with E-state index in [1.807, 2.05) is 5.32 Å². The fraction of sp³-hybridized carbons (Fsp3) is 0.706. The zero-order valence-electron chi connectivity index (χ0n) is 17.0. The summed E-state index contributed by atoms with van der Waals surface area (Å²) in [7, 11) is 0. The van der Waals surface area contributed by atoms with E-state index in [1.54, 1.807) is 0 Å². The van der Waals surface area contributed by atoms with Crippen LogP contribution in [-0.2, 0) is 24.0 Å². The lowest BCUT2D eigenvalue weighted by Crippen LogP contribution is -2.59. The Morgan fingerprint density at radius 1 is 0.900 bits per heavy atom. The quantitative estimate of drug-likeness (QED) is 0.128. The Bertz CT molecular complexity index is 627. The molecule has 0 fully saturated rings. The van der Waals surface area contributed by atoms with E-state index >= 15 is 0 Å². The van der Waals surface area contributed by atoms with Crippen LogP contribution in [0.25, 0.3) is 0 Å². The van der Waals surface area contributed by atoms with Gasteiger partial charge in [0.15, 0.2) is 0 Å². The van der Waals surface area contributed by atoms with Crippen LogP contribution in [0.1, 0.15) is 39.5 Å². The highest BCUT2D eigenvalue weighted by Crippen LogP contribution is 2.02. The van der Waals surface area contributed by atoms with Crippen molar-refractivity contribution in [3.8, 4) is 0 Å². The molecule has 5 atom stereocenters. The highest BCUT2D eigenvalue weighted by Gasteiger charge is 2.31. The summed E-state index contributed by atoms with van der Waals surface area (Å²) in [6.07, 6.45) is -0.562. The van der Waals surface area contributed by atoms with Gasteiger partial charge in [-0.1, -0.05) is 6.42 Å². The Balaban J connectivity index is 4.92. The summed E-state index contributed by atoms with van der Waals surface area (Å²) in [4.78, 5) is 58.3. The molecule has 0 aromatic rings. The largest absolute Gasteiger partial charge is 0.481 e. The molecule has 0 aliphatic rings. The van der Waals surface area contributed by atoms with Gasteiger partial charge in [-0.3, -0.25) is 19.2 Å². The number of carbonyl (C=O) groups excluding carboxylic acids is 3. The van der Waals surface area contributed by atoms with Crippen molar-refractivity contribution in [3.63, 3.8) is 0 Å². The Labute approximate surface area is 173 Å². The van der Waals surface area contributed by atoms with Gasteiger partial charge in [0, 0.05) is 0 Å². The van der Waals surface area contributed by atoms with Crippen molar-refractivity contribution in [2.24, 2.45) is 11.5 Å². The minimum atomic E-state index is -1.69. The summed E-state index contributed by atoms with van der Waals surface area (Å²) < 4.78 is 0. The van der Waals surface area contributed by atoms with Gasteiger partial charge in [-0.15, -0.1) is 0 Å². The lowest BCUT2D eigenvalue weighted by molar-refractivity contribution is -0.147. The summed E-state index contributed by atoms with van der Waals surface area (Å²) in [6, 6.07) is -5.29. The highest BCUT2D eigenvalue weighted by molar-refractivity contribution is 5.94. The van der Waals surface area contributed by atoms with Crippen molar-refractivity contribution in [2.45, 2.75) is 69.8 Å². The normalized spacial score (nSPS) is 15.8. The number of aliphatic hydroxyl groups excluding tert-OH is 1. The zero-order valence-corrected chi connectivity index (χ0v) is 17.0. The number of aliphatic carboxylic acids is 2. The van der Waals surface area contributed by atoms with E-state index in [0.717, 1.165) is 0 Å². The van der Waals surface area contributed by atoms with Crippen LogP contribution >= 0.6 is 0 Å². The third kappa shape index (κ3) is 10.1. The van der Waals surface area contributed by atoms with Crippen LogP contribution in [0.2, 0.25) is 0 Å². The van der Waals surface area contributed by atoms with Crippen LogP contribution < -0.4 is 27.4 Å². The number of rotatable bonds is 14. The molecule has 0 radical (unpaired) electrons. The number of nitrogens with two attached hydrogens (primary N) is 2. The average Bonchev–Trinajstić information content (AvgIpc) is 2.64. The number of aliphatic hydroxyl groups is 1. The first-order valence-electron chi connectivity index (χ1n) is 9.40. The molecule has 3 amide bonds. The smallest absolute Gasteiger partial charge is 0.326 e. The van der Waals surface area contributed by atoms with Crippen molar-refractivity contribution in [1.29, 1.82) is 0 Å². The number of carbonyl (C=O) groups is 5. The third-order valence-electron chi connectivity index (χ3n) is 4.11. The van der Waals surface area contributed by atoms with Crippen molar-refractivity contribution < 1.29 is 39.3 Å². The third-order valence-corrected chi connectivity index (χ3v) is 4.11. The van der Waals surface area contributed by atoms with Crippen LogP contribution in [0.5, 0.6) is 0 Å². The van der Waals surface area contributed by atoms with Crippen molar-refractivity contribution in [2.75, 3.05) is 6.54 Å². The van der Waals surface area contributed by atoms with Crippen LogP contribution in [-0.4, -0.2) is 81.8 Å². The summed E-state index contributed by atoms with van der Waals surface area (Å²) >= 11 is 0. The van der Waals surface area contributed by atoms with Crippen LogP contribution in [0.4, 0.5) is 0 Å². The van der Waals surface area contributed by atoms with E-state index in [4.69, 9.17) is 21.7 Å². The Morgan fingerprint density at radius 2 is 1.50 bits per heavy atom. The molecular weight excluding hydrogens is 402 g/mol. The second-order valence-electron chi connectivity index (χ2n) is 6.85. The molecule has 0 saturated carbocycles. The Hall–Kier alpha value is -2.77. The number of hydrogen-bond donors (Lipinski definition) is 8. The topological polar surface area (TPSA) is 234 Å². The first-order chi connectivity index (χ1) is 13.9. The molecule has 0 aromatic carbocycles. The molecule has 13 heteroatoms. The number of unbranched alkanes of at least 4 members (excludes halogenated alkanes) is 1. The minimum absolute atomic E-state index is 0.330. The first-order valence-corrected chi connectivity index (χ1v) is 9.40. The van der Waals surface area contributed by atoms with Gasteiger partial charge in [0.05, 0.1) is 18.6 Å². The van der Waals surface area contributed by atoms with Gasteiger partial charge in [0.2, 0.25) is 17.7 Å². The number of carboxylic acid groups (broad SMARTS) is 2. The van der Waals surface area contributed by atoms with E-state index in [2.05, 4.69) is 10.6 Å². The molecule has 0 rings (SSSR count). The maximum absolute atomic E-state index is 12.4. The van der Waals surface area contributed by atoms with Crippen molar-refractivity contribution in [1.82, 2.24) is 16.0 Å². The molecule has 172 valence electrons. The Kier molecular flexibility index (Phi) is 12.2. The number of nitrogens with one attached hydrogen (secondary N) is 3. The summed E-state index contributed by atoms with van der Waals surface area (Å²) in [6.45, 7) is 2.93. The Morgan fingerprint density at radius 3 is 1.97 bits per heavy atom. The van der Waals surface area contributed by atoms with E-state index < -0.39 is 66.4 Å².